The van der Waals surface area contributed by atoms with E-state index in [1.54, 1.807) is 17.0 Å². The summed E-state index contributed by atoms with van der Waals surface area (Å²) in [7, 11) is -1.41. The first-order valence-electron chi connectivity index (χ1n) is 14.9. The molecule has 0 radical (unpaired) electrons. The number of likely N-dealkylation sites (N-methyl/N-ethyl adjacent to an activating group) is 1. The van der Waals surface area contributed by atoms with Crippen molar-refractivity contribution >= 4 is 21.8 Å². The van der Waals surface area contributed by atoms with Crippen LogP contribution in [0.15, 0.2) is 24.3 Å². The van der Waals surface area contributed by atoms with Gasteiger partial charge < -0.3 is 20.4 Å². The van der Waals surface area contributed by atoms with Crippen LogP contribution in [-0.2, 0) is 26.0 Å². The molecule has 1 aromatic carbocycles. The number of piperazine rings is 1. The molecule has 0 unspecified atom stereocenters. The number of likely N-dealkylation sites (tertiary alicyclic amines) is 1. The van der Waals surface area contributed by atoms with Crippen LogP contribution in [-0.4, -0.2) is 92.7 Å². The Kier molecular flexibility index (Phi) is 9.14. The van der Waals surface area contributed by atoms with E-state index in [0.29, 0.717) is 39.0 Å². The van der Waals surface area contributed by atoms with Gasteiger partial charge in [0.1, 0.15) is 11.9 Å². The molecule has 2 saturated carbocycles. The molecule has 5 rings (SSSR count). The molecule has 2 amide bonds. The van der Waals surface area contributed by atoms with Crippen molar-refractivity contribution in [2.45, 2.75) is 87.1 Å². The first-order valence-corrected chi connectivity index (χ1v) is 16.5. The summed E-state index contributed by atoms with van der Waals surface area (Å²) in [5.41, 5.74) is 0.241. The molecular weight excluding hydrogens is 533 g/mol. The van der Waals surface area contributed by atoms with E-state index in [0.717, 1.165) is 50.6 Å². The lowest BCUT2D eigenvalue weighted by Gasteiger charge is -2.48. The van der Waals surface area contributed by atoms with Gasteiger partial charge in [0.15, 0.2) is 0 Å². The van der Waals surface area contributed by atoms with Gasteiger partial charge in [-0.3, -0.25) is 9.59 Å². The smallest absolute Gasteiger partial charge is 0.245 e. The first kappa shape index (κ1) is 29.4. The quantitative estimate of drug-likeness (QED) is 0.413. The highest BCUT2D eigenvalue weighted by Crippen LogP contribution is 2.41. The second-order valence-corrected chi connectivity index (χ2v) is 14.3. The number of nitrogens with one attached hydrogen (secondary N) is 3. The molecule has 2 saturated heterocycles. The van der Waals surface area contributed by atoms with Crippen molar-refractivity contribution in [3.63, 3.8) is 0 Å². The van der Waals surface area contributed by atoms with E-state index in [4.69, 9.17) is 0 Å². The van der Waals surface area contributed by atoms with Gasteiger partial charge in [-0.15, -0.1) is 0 Å². The van der Waals surface area contributed by atoms with Gasteiger partial charge in [-0.2, -0.15) is 0 Å². The molecule has 2 aliphatic heterocycles. The topological polar surface area (TPSA) is 111 Å². The Morgan fingerprint density at radius 3 is 2.35 bits per heavy atom. The molecule has 11 heteroatoms. The molecule has 0 bridgehead atoms. The predicted molar refractivity (Wildman–Crippen MR) is 152 cm³/mol. The zero-order chi connectivity index (χ0) is 28.3. The van der Waals surface area contributed by atoms with Crippen LogP contribution >= 0.6 is 0 Å². The fourth-order valence-electron chi connectivity index (χ4n) is 6.74. The number of sulfonamides is 1. The van der Waals surface area contributed by atoms with Gasteiger partial charge in [0.2, 0.25) is 21.8 Å². The van der Waals surface area contributed by atoms with E-state index < -0.39 is 27.6 Å². The molecule has 1 aromatic rings. The number of rotatable bonds is 9. The van der Waals surface area contributed by atoms with Gasteiger partial charge in [0.25, 0.3) is 0 Å². The molecule has 9 nitrogen and oxygen atoms in total. The number of amides is 2. The van der Waals surface area contributed by atoms with Crippen molar-refractivity contribution in [1.82, 2.24) is 25.2 Å². The van der Waals surface area contributed by atoms with Crippen molar-refractivity contribution in [2.75, 3.05) is 39.8 Å². The summed E-state index contributed by atoms with van der Waals surface area (Å²) in [5, 5.41) is 5.94. The maximum absolute atomic E-state index is 13.9. The van der Waals surface area contributed by atoms with Crippen molar-refractivity contribution in [3.05, 3.63) is 35.6 Å². The van der Waals surface area contributed by atoms with Crippen LogP contribution < -0.4 is 15.4 Å². The third-order valence-electron chi connectivity index (χ3n) is 9.33. The van der Waals surface area contributed by atoms with Gasteiger partial charge in [-0.25, -0.2) is 17.5 Å². The largest absolute Gasteiger partial charge is 0.343 e. The van der Waals surface area contributed by atoms with Crippen molar-refractivity contribution in [3.8, 4) is 0 Å². The summed E-state index contributed by atoms with van der Waals surface area (Å²) >= 11 is 0. The second kappa shape index (κ2) is 12.4. The molecule has 4 aliphatic rings. The molecule has 2 aliphatic carbocycles. The number of carbonyl (C=O) groups excluding carboxylic acids is 2. The Morgan fingerprint density at radius 2 is 1.73 bits per heavy atom. The van der Waals surface area contributed by atoms with E-state index >= 15 is 0 Å². The third kappa shape index (κ3) is 7.03. The number of halogens is 1. The average molecular weight is 578 g/mol. The highest BCUT2D eigenvalue weighted by atomic mass is 32.2. The van der Waals surface area contributed by atoms with Gasteiger partial charge >= 0.3 is 0 Å². The summed E-state index contributed by atoms with van der Waals surface area (Å²) in [6.45, 7) is 2.96. The molecule has 2 atom stereocenters. The molecule has 222 valence electrons. The van der Waals surface area contributed by atoms with Crippen LogP contribution in [0.3, 0.4) is 0 Å². The third-order valence-corrected chi connectivity index (χ3v) is 11.4. The number of piperidine rings is 1. The predicted octanol–water partition coefficient (Wildman–Crippen LogP) is 1.78. The summed E-state index contributed by atoms with van der Waals surface area (Å²) in [4.78, 5) is 31.0. The van der Waals surface area contributed by atoms with Crippen LogP contribution in [0.5, 0.6) is 0 Å². The molecule has 3 N–H and O–H groups in total. The summed E-state index contributed by atoms with van der Waals surface area (Å²) in [5.74, 6) is -0.480. The Labute approximate surface area is 237 Å². The van der Waals surface area contributed by atoms with Crippen molar-refractivity contribution in [1.29, 1.82) is 0 Å². The number of benzene rings is 1. The number of carbonyl (C=O) groups is 2. The molecule has 0 spiro atoms. The van der Waals surface area contributed by atoms with Crippen molar-refractivity contribution in [2.24, 2.45) is 5.92 Å². The van der Waals surface area contributed by atoms with E-state index in [-0.39, 0.29) is 35.2 Å². The van der Waals surface area contributed by atoms with Crippen LogP contribution in [0, 0.1) is 11.7 Å². The average Bonchev–Trinajstić information content (AvgIpc) is 3.81. The zero-order valence-electron chi connectivity index (χ0n) is 23.5. The number of nitrogens with zero attached hydrogens (tertiary/aromatic N) is 2. The Balaban J connectivity index is 1.30. The maximum Gasteiger partial charge on any atom is 0.245 e. The fourth-order valence-corrected chi connectivity index (χ4v) is 8.60. The van der Waals surface area contributed by atoms with Crippen LogP contribution in [0.25, 0.3) is 0 Å². The fraction of sp³-hybridized carbons (Fsp3) is 0.724. The van der Waals surface area contributed by atoms with E-state index in [1.165, 1.54) is 18.6 Å². The van der Waals surface area contributed by atoms with Gasteiger partial charge in [0.05, 0.1) is 11.3 Å². The highest BCUT2D eigenvalue weighted by molar-refractivity contribution is 7.90. The summed E-state index contributed by atoms with van der Waals surface area (Å²) in [6.07, 6.45) is 8.25. The highest BCUT2D eigenvalue weighted by Gasteiger charge is 2.48. The normalized spacial score (nSPS) is 25.4. The van der Waals surface area contributed by atoms with Gasteiger partial charge in [-0.05, 0) is 69.2 Å². The molecular formula is C29H44FN5O4S. The van der Waals surface area contributed by atoms with Crippen LogP contribution in [0.2, 0.25) is 0 Å². The molecule has 4 fully saturated rings. The molecule has 40 heavy (non-hydrogen) atoms. The lowest BCUT2D eigenvalue weighted by Crippen LogP contribution is -2.63. The zero-order valence-corrected chi connectivity index (χ0v) is 24.4. The first-order chi connectivity index (χ1) is 19.1. The lowest BCUT2D eigenvalue weighted by atomic mass is 9.70. The number of hydrogen-bond acceptors (Lipinski definition) is 6. The molecule has 2 heterocycles. The minimum Gasteiger partial charge on any atom is -0.343 e. The second-order valence-electron chi connectivity index (χ2n) is 12.3. The Hall–Kier alpha value is -2.08. The van der Waals surface area contributed by atoms with Crippen LogP contribution in [0.4, 0.5) is 4.39 Å². The Bertz CT molecular complexity index is 1150. The maximum atomic E-state index is 13.9. The summed E-state index contributed by atoms with van der Waals surface area (Å²) < 4.78 is 42.9. The van der Waals surface area contributed by atoms with Gasteiger partial charge in [-0.1, -0.05) is 31.4 Å². The van der Waals surface area contributed by atoms with E-state index in [9.17, 15) is 22.4 Å². The van der Waals surface area contributed by atoms with E-state index in [2.05, 4.69) is 20.3 Å². The standard InChI is InChI=1S/C29H44FN5O4S/c1-34-18-15-31-26(20-34)27(36)32-25(19-21-7-9-23(30)10-8-21)28(37)35-16-13-29(14-17-35,22-5-3-2-4-6-22)33-40(38,39)24-11-12-24/h7-10,22,24-26,31,33H,2-6,11-20H2,1H3,(H,32,36)/t25-,26+/m1/s1. The Morgan fingerprint density at radius 1 is 1.05 bits per heavy atom. The van der Waals surface area contributed by atoms with E-state index in [1.807, 2.05) is 7.05 Å². The van der Waals surface area contributed by atoms with Gasteiger partial charge in [0, 0.05) is 44.7 Å². The minimum absolute atomic E-state index is 0.177. The monoisotopic (exact) mass is 577 g/mol. The molecule has 0 aromatic heterocycles. The number of hydrogen-bond donors (Lipinski definition) is 3. The van der Waals surface area contributed by atoms with Crippen molar-refractivity contribution < 1.29 is 22.4 Å². The minimum atomic E-state index is -3.38. The lowest BCUT2D eigenvalue weighted by molar-refractivity contribution is -0.138. The summed E-state index contributed by atoms with van der Waals surface area (Å²) in [6, 6.07) is 4.80. The SMILES string of the molecule is CN1CCN[C@H](C(=O)N[C@H](Cc2ccc(F)cc2)C(=O)N2CCC(NS(=O)(=O)C3CC3)(C3CCCCC3)CC2)C1. The van der Waals surface area contributed by atoms with Crippen LogP contribution in [0.1, 0.15) is 63.4 Å².